The molecule has 2 aliphatic carbocycles. The summed E-state index contributed by atoms with van der Waals surface area (Å²) in [6.07, 6.45) is 7.65. The highest BCUT2D eigenvalue weighted by Crippen LogP contribution is 2.51. The Morgan fingerprint density at radius 3 is 2.51 bits per heavy atom. The van der Waals surface area contributed by atoms with Gasteiger partial charge in [0.05, 0.1) is 11.0 Å². The van der Waals surface area contributed by atoms with Gasteiger partial charge >= 0.3 is 0 Å². The van der Waals surface area contributed by atoms with Gasteiger partial charge in [0.1, 0.15) is 5.65 Å². The first-order valence-corrected chi connectivity index (χ1v) is 12.0. The molecule has 7 aromatic rings. The fourth-order valence-corrected chi connectivity index (χ4v) is 6.59. The summed E-state index contributed by atoms with van der Waals surface area (Å²) >= 11 is 0. The van der Waals surface area contributed by atoms with E-state index >= 15 is 0 Å². The van der Waals surface area contributed by atoms with Crippen LogP contribution < -0.4 is 0 Å². The number of rotatable bonds is 0. The molecule has 4 aromatic heterocycles. The molecule has 0 fully saturated rings. The second kappa shape index (κ2) is 6.10. The summed E-state index contributed by atoms with van der Waals surface area (Å²) in [6.45, 7) is 0. The van der Waals surface area contributed by atoms with Gasteiger partial charge < -0.3 is 0 Å². The van der Waals surface area contributed by atoms with Crippen LogP contribution in [0.15, 0.2) is 85.3 Å². The van der Waals surface area contributed by atoms with Crippen LogP contribution in [-0.4, -0.2) is 19.4 Å². The van der Waals surface area contributed by atoms with Gasteiger partial charge in [0.15, 0.2) is 5.65 Å². The minimum atomic E-state index is 0.774. The first kappa shape index (κ1) is 17.8. The maximum Gasteiger partial charge on any atom is 0.178 e. The van der Waals surface area contributed by atoms with Gasteiger partial charge in [-0.3, -0.25) is 9.38 Å². The van der Waals surface area contributed by atoms with Crippen LogP contribution in [0, 0.1) is 0 Å². The maximum absolute atomic E-state index is 4.99. The van der Waals surface area contributed by atoms with Crippen molar-refractivity contribution in [2.24, 2.45) is 0 Å². The third kappa shape index (κ3) is 2.11. The third-order valence-corrected chi connectivity index (χ3v) is 7.97. The lowest BCUT2D eigenvalue weighted by molar-refractivity contribution is 1.24. The van der Waals surface area contributed by atoms with E-state index in [4.69, 9.17) is 4.98 Å². The minimum absolute atomic E-state index is 0.774. The predicted molar refractivity (Wildman–Crippen MR) is 140 cm³/mol. The molecule has 0 aliphatic heterocycles. The monoisotopic (exact) mass is 446 g/mol. The summed E-state index contributed by atoms with van der Waals surface area (Å²) in [5.41, 5.74) is 15.1. The standard InChI is InChI=1S/C31H18N4/c1-2-5-20-17(4-1)14-18-7-8-19-15-23-21(28(19)27(18)20)9-10-22-29(23)24-16-32-13-11-25(24)35-26-6-3-12-33-30(26)34-31(22)35/h1-13,16H,14-15H2. The Balaban J connectivity index is 1.45. The zero-order chi connectivity index (χ0) is 22.7. The van der Waals surface area contributed by atoms with Crippen LogP contribution in [0.3, 0.4) is 0 Å². The van der Waals surface area contributed by atoms with Crippen LogP contribution in [-0.2, 0) is 12.8 Å². The van der Waals surface area contributed by atoms with E-state index in [1.165, 1.54) is 55.3 Å². The van der Waals surface area contributed by atoms with Crippen molar-refractivity contribution in [1.29, 1.82) is 0 Å². The first-order valence-electron chi connectivity index (χ1n) is 12.0. The van der Waals surface area contributed by atoms with Crippen molar-refractivity contribution in [3.63, 3.8) is 0 Å². The van der Waals surface area contributed by atoms with Crippen molar-refractivity contribution in [3.05, 3.63) is 108 Å². The van der Waals surface area contributed by atoms with Crippen LogP contribution >= 0.6 is 0 Å². The Morgan fingerprint density at radius 2 is 1.54 bits per heavy atom. The van der Waals surface area contributed by atoms with E-state index in [-0.39, 0.29) is 0 Å². The van der Waals surface area contributed by atoms with Crippen molar-refractivity contribution in [2.45, 2.75) is 12.8 Å². The molecule has 162 valence electrons. The summed E-state index contributed by atoms with van der Waals surface area (Å²) in [4.78, 5) is 14.1. The summed E-state index contributed by atoms with van der Waals surface area (Å²) in [5.74, 6) is 0. The molecular weight excluding hydrogens is 428 g/mol. The molecule has 0 unspecified atom stereocenters. The van der Waals surface area contributed by atoms with Crippen molar-refractivity contribution >= 4 is 38.5 Å². The molecule has 0 N–H and O–H groups in total. The zero-order valence-electron chi connectivity index (χ0n) is 18.8. The van der Waals surface area contributed by atoms with Crippen molar-refractivity contribution < 1.29 is 0 Å². The fourth-order valence-electron chi connectivity index (χ4n) is 6.59. The molecule has 3 aromatic carbocycles. The number of fused-ring (bicyclic) bond motifs is 16. The Hall–Kier alpha value is -4.57. The Morgan fingerprint density at radius 1 is 0.657 bits per heavy atom. The number of hydrogen-bond donors (Lipinski definition) is 0. The summed E-state index contributed by atoms with van der Waals surface area (Å²) in [7, 11) is 0. The fraction of sp³-hybridized carbons (Fsp3) is 0.0645. The van der Waals surface area contributed by atoms with Gasteiger partial charge in [-0.05, 0) is 81.6 Å². The average molecular weight is 447 g/mol. The van der Waals surface area contributed by atoms with Crippen molar-refractivity contribution in [2.75, 3.05) is 0 Å². The van der Waals surface area contributed by atoms with Gasteiger partial charge in [0.2, 0.25) is 0 Å². The second-order valence-electron chi connectivity index (χ2n) is 9.67. The SMILES string of the molecule is c1ccc2c(c1)Cc1ccc3c(c1-2)-c1ccc2c(c1C3)c1cnccc1n1c3cccnc3nc21. The molecular formula is C31H18N4. The Kier molecular flexibility index (Phi) is 3.11. The molecule has 2 aliphatic rings. The van der Waals surface area contributed by atoms with Crippen LogP contribution in [0.2, 0.25) is 0 Å². The molecule has 0 spiro atoms. The summed E-state index contributed by atoms with van der Waals surface area (Å²) < 4.78 is 2.24. The van der Waals surface area contributed by atoms with Crippen molar-refractivity contribution in [1.82, 2.24) is 19.4 Å². The van der Waals surface area contributed by atoms with E-state index in [0.717, 1.165) is 40.6 Å². The number of benzene rings is 3. The van der Waals surface area contributed by atoms with Gasteiger partial charge in [-0.15, -0.1) is 0 Å². The number of nitrogens with zero attached hydrogens (tertiary/aromatic N) is 4. The molecule has 0 saturated carbocycles. The second-order valence-corrected chi connectivity index (χ2v) is 9.67. The van der Waals surface area contributed by atoms with E-state index in [0.29, 0.717) is 0 Å². The molecule has 0 bridgehead atoms. The number of aromatic nitrogens is 4. The van der Waals surface area contributed by atoms with Crippen LogP contribution in [0.25, 0.3) is 60.7 Å². The highest BCUT2D eigenvalue weighted by atomic mass is 15.1. The maximum atomic E-state index is 4.99. The molecule has 0 saturated heterocycles. The van der Waals surface area contributed by atoms with Crippen LogP contribution in [0.5, 0.6) is 0 Å². The largest absolute Gasteiger partial charge is 0.290 e. The smallest absolute Gasteiger partial charge is 0.178 e. The molecule has 35 heavy (non-hydrogen) atoms. The zero-order valence-corrected chi connectivity index (χ0v) is 18.8. The highest BCUT2D eigenvalue weighted by molar-refractivity contribution is 6.17. The first-order chi connectivity index (χ1) is 17.4. The van der Waals surface area contributed by atoms with Crippen LogP contribution in [0.1, 0.15) is 22.3 Å². The molecule has 4 heteroatoms. The molecule has 0 atom stereocenters. The number of imidazole rings is 1. The van der Waals surface area contributed by atoms with E-state index in [1.54, 1.807) is 0 Å². The number of pyridine rings is 3. The van der Waals surface area contributed by atoms with Gasteiger partial charge in [-0.2, -0.15) is 0 Å². The molecule has 9 rings (SSSR count). The average Bonchev–Trinajstić information content (AvgIpc) is 3.59. The van der Waals surface area contributed by atoms with Crippen LogP contribution in [0.4, 0.5) is 0 Å². The lowest BCUT2D eigenvalue weighted by Gasteiger charge is -2.13. The molecule has 4 heterocycles. The van der Waals surface area contributed by atoms with Crippen molar-refractivity contribution in [3.8, 4) is 22.3 Å². The Labute approximate surface area is 200 Å². The topological polar surface area (TPSA) is 43.1 Å². The quantitative estimate of drug-likeness (QED) is 0.243. The predicted octanol–water partition coefficient (Wildman–Crippen LogP) is 6.73. The molecule has 0 amide bonds. The van der Waals surface area contributed by atoms with E-state index in [1.807, 2.05) is 24.7 Å². The van der Waals surface area contributed by atoms with E-state index in [2.05, 4.69) is 75.0 Å². The van der Waals surface area contributed by atoms with Gasteiger partial charge in [-0.25, -0.2) is 9.97 Å². The van der Waals surface area contributed by atoms with Gasteiger partial charge in [-0.1, -0.05) is 42.5 Å². The summed E-state index contributed by atoms with van der Waals surface area (Å²) in [5, 5.41) is 3.59. The lowest BCUT2D eigenvalue weighted by atomic mass is 9.92. The van der Waals surface area contributed by atoms with Gasteiger partial charge in [0.25, 0.3) is 0 Å². The molecule has 0 radical (unpaired) electrons. The minimum Gasteiger partial charge on any atom is -0.290 e. The Bertz CT molecular complexity index is 2070. The summed E-state index contributed by atoms with van der Waals surface area (Å²) in [6, 6.07) is 24.3. The third-order valence-electron chi connectivity index (χ3n) is 7.97. The van der Waals surface area contributed by atoms with Gasteiger partial charge in [0, 0.05) is 34.7 Å². The number of hydrogen-bond acceptors (Lipinski definition) is 3. The normalized spacial score (nSPS) is 13.5. The van der Waals surface area contributed by atoms with E-state index < -0.39 is 0 Å². The lowest BCUT2D eigenvalue weighted by Crippen LogP contribution is -1.95. The highest BCUT2D eigenvalue weighted by Gasteiger charge is 2.30. The van der Waals surface area contributed by atoms with E-state index in [9.17, 15) is 0 Å². The molecule has 4 nitrogen and oxygen atoms in total.